The summed E-state index contributed by atoms with van der Waals surface area (Å²) < 4.78 is 0. The lowest BCUT2D eigenvalue weighted by atomic mass is 9.65. The number of rotatable bonds is 2. The third-order valence-corrected chi connectivity index (χ3v) is 8.21. The lowest BCUT2D eigenvalue weighted by Gasteiger charge is -2.37. The third-order valence-electron chi connectivity index (χ3n) is 8.21. The van der Waals surface area contributed by atoms with Gasteiger partial charge >= 0.3 is 0 Å². The number of hydrogen-bond donors (Lipinski definition) is 0. The Kier molecular flexibility index (Phi) is 4.15. The van der Waals surface area contributed by atoms with Crippen molar-refractivity contribution in [2.24, 2.45) is 0 Å². The van der Waals surface area contributed by atoms with Crippen LogP contribution in [0.25, 0.3) is 0 Å². The highest BCUT2D eigenvalue weighted by atomic mass is 14.5. The standard InChI is InChI=1S/C26H32/c1-15-16(2)20(6)25(9,19(15)5)23-13-11-12-14-24(23)26(10)21(7)17(3)18(4)22(26)8/h11,13H,1-10H3. The molecular weight excluding hydrogens is 312 g/mol. The van der Waals surface area contributed by atoms with Gasteiger partial charge in [0.25, 0.3) is 0 Å². The van der Waals surface area contributed by atoms with E-state index in [2.05, 4.69) is 87.4 Å². The summed E-state index contributed by atoms with van der Waals surface area (Å²) in [7, 11) is 0. The zero-order chi connectivity index (χ0) is 19.6. The van der Waals surface area contributed by atoms with Crippen LogP contribution in [0.2, 0.25) is 0 Å². The van der Waals surface area contributed by atoms with E-state index in [1.165, 1.54) is 55.7 Å². The predicted octanol–water partition coefficient (Wildman–Crippen LogP) is 7.18. The molecule has 0 N–H and O–H groups in total. The Hall–Kier alpha value is -2.00. The molecule has 2 aliphatic carbocycles. The van der Waals surface area contributed by atoms with Crippen LogP contribution in [-0.4, -0.2) is 0 Å². The van der Waals surface area contributed by atoms with Gasteiger partial charge in [0.2, 0.25) is 0 Å². The summed E-state index contributed by atoms with van der Waals surface area (Å²) >= 11 is 0. The molecule has 0 heteroatoms. The van der Waals surface area contributed by atoms with Crippen LogP contribution >= 0.6 is 0 Å². The van der Waals surface area contributed by atoms with Crippen molar-refractivity contribution in [2.75, 3.05) is 0 Å². The van der Waals surface area contributed by atoms with Gasteiger partial charge in [-0.15, -0.1) is 0 Å². The largest absolute Gasteiger partial charge is 0.0699 e. The summed E-state index contributed by atoms with van der Waals surface area (Å²) in [5.41, 5.74) is 14.1. The Bertz CT molecular complexity index is 800. The molecule has 0 aromatic heterocycles. The minimum Gasteiger partial charge on any atom is -0.0699 e. The summed E-state index contributed by atoms with van der Waals surface area (Å²) in [5, 5.41) is 0. The van der Waals surface area contributed by atoms with Crippen LogP contribution in [-0.2, 0) is 10.8 Å². The quantitative estimate of drug-likeness (QED) is 0.533. The zero-order valence-electron chi connectivity index (χ0n) is 18.2. The first-order valence-electron chi connectivity index (χ1n) is 9.66. The highest BCUT2D eigenvalue weighted by molar-refractivity contribution is 5.65. The molecule has 1 aromatic carbocycles. The monoisotopic (exact) mass is 344 g/mol. The van der Waals surface area contributed by atoms with E-state index >= 15 is 0 Å². The van der Waals surface area contributed by atoms with Gasteiger partial charge in [-0.25, -0.2) is 0 Å². The highest BCUT2D eigenvalue weighted by Crippen LogP contribution is 2.54. The molecule has 1 aromatic rings. The second-order valence-corrected chi connectivity index (χ2v) is 8.64. The van der Waals surface area contributed by atoms with Gasteiger partial charge in [-0.05, 0) is 109 Å². The van der Waals surface area contributed by atoms with E-state index in [0.717, 1.165) is 0 Å². The van der Waals surface area contributed by atoms with Gasteiger partial charge in [-0.1, -0.05) is 34.4 Å². The maximum absolute atomic E-state index is 3.56. The molecule has 2 aliphatic rings. The molecule has 0 saturated heterocycles. The van der Waals surface area contributed by atoms with E-state index in [1.54, 1.807) is 0 Å². The Morgan fingerprint density at radius 1 is 0.615 bits per heavy atom. The smallest absolute Gasteiger partial charge is 0.0431 e. The lowest BCUT2D eigenvalue weighted by Crippen LogP contribution is -2.31. The minimum atomic E-state index is -0.102. The van der Waals surface area contributed by atoms with Crippen LogP contribution in [0.4, 0.5) is 0 Å². The van der Waals surface area contributed by atoms with Crippen molar-refractivity contribution >= 4 is 0 Å². The normalized spacial score (nSPS) is 21.9. The maximum atomic E-state index is 3.56. The van der Waals surface area contributed by atoms with E-state index in [4.69, 9.17) is 0 Å². The Morgan fingerprint density at radius 3 is 1.42 bits per heavy atom. The summed E-state index contributed by atoms with van der Waals surface area (Å²) in [5.74, 6) is 0. The van der Waals surface area contributed by atoms with Crippen molar-refractivity contribution in [2.45, 2.75) is 80.1 Å². The number of allylic oxidation sites excluding steroid dienone is 8. The van der Waals surface area contributed by atoms with Crippen LogP contribution in [0, 0.1) is 12.1 Å². The minimum absolute atomic E-state index is 0.0664. The summed E-state index contributed by atoms with van der Waals surface area (Å²) in [4.78, 5) is 0. The molecule has 0 heterocycles. The van der Waals surface area contributed by atoms with Gasteiger partial charge in [0.15, 0.2) is 0 Å². The van der Waals surface area contributed by atoms with Crippen molar-refractivity contribution < 1.29 is 0 Å². The molecule has 0 atom stereocenters. The number of hydrogen-bond acceptors (Lipinski definition) is 0. The fourth-order valence-electron chi connectivity index (χ4n) is 5.17. The highest BCUT2D eigenvalue weighted by Gasteiger charge is 2.45. The average Bonchev–Trinajstić information content (AvgIpc) is 2.89. The molecular formula is C26H32. The third kappa shape index (κ3) is 2.04. The van der Waals surface area contributed by atoms with E-state index < -0.39 is 0 Å². The van der Waals surface area contributed by atoms with Crippen LogP contribution < -0.4 is 0 Å². The van der Waals surface area contributed by atoms with Gasteiger partial charge in [0.05, 0.1) is 0 Å². The summed E-state index contributed by atoms with van der Waals surface area (Å²) in [6.07, 6.45) is 0. The second kappa shape index (κ2) is 5.75. The first kappa shape index (κ1) is 18.8. The van der Waals surface area contributed by atoms with E-state index in [0.29, 0.717) is 0 Å². The molecule has 0 bridgehead atoms. The molecule has 26 heavy (non-hydrogen) atoms. The summed E-state index contributed by atoms with van der Waals surface area (Å²) in [6, 6.07) is 11.1. The van der Waals surface area contributed by atoms with Crippen LogP contribution in [0.1, 0.15) is 80.4 Å². The van der Waals surface area contributed by atoms with Gasteiger partial charge in [-0.2, -0.15) is 0 Å². The van der Waals surface area contributed by atoms with Crippen LogP contribution in [0.3, 0.4) is 0 Å². The van der Waals surface area contributed by atoms with Crippen molar-refractivity contribution in [3.8, 4) is 0 Å². The zero-order valence-corrected chi connectivity index (χ0v) is 18.2. The van der Waals surface area contributed by atoms with Gasteiger partial charge in [0, 0.05) is 16.4 Å². The Morgan fingerprint density at radius 2 is 1.00 bits per heavy atom. The Balaban J connectivity index is 2.35. The lowest BCUT2D eigenvalue weighted by molar-refractivity contribution is 0.605. The van der Waals surface area contributed by atoms with Crippen LogP contribution in [0.15, 0.2) is 56.7 Å². The molecule has 0 fully saturated rings. The first-order chi connectivity index (χ1) is 12.0. The first-order valence-corrected chi connectivity index (χ1v) is 9.66. The Labute approximate surface area is 160 Å². The van der Waals surface area contributed by atoms with Crippen molar-refractivity contribution in [3.05, 3.63) is 80.0 Å². The van der Waals surface area contributed by atoms with Gasteiger partial charge < -0.3 is 0 Å². The molecule has 3 rings (SSSR count). The van der Waals surface area contributed by atoms with E-state index in [1.807, 2.05) is 6.07 Å². The van der Waals surface area contributed by atoms with Crippen molar-refractivity contribution in [1.29, 1.82) is 0 Å². The van der Waals surface area contributed by atoms with E-state index in [9.17, 15) is 0 Å². The molecule has 0 nitrogen and oxygen atoms in total. The van der Waals surface area contributed by atoms with Crippen molar-refractivity contribution in [1.82, 2.24) is 0 Å². The molecule has 0 spiro atoms. The molecule has 0 saturated carbocycles. The molecule has 0 radical (unpaired) electrons. The van der Waals surface area contributed by atoms with E-state index in [-0.39, 0.29) is 10.8 Å². The van der Waals surface area contributed by atoms with Gasteiger partial charge in [-0.3, -0.25) is 0 Å². The second-order valence-electron chi connectivity index (χ2n) is 8.64. The summed E-state index contributed by atoms with van der Waals surface area (Å²) in [6.45, 7) is 23.0. The molecule has 0 amide bonds. The maximum Gasteiger partial charge on any atom is 0.0431 e. The molecule has 0 aliphatic heterocycles. The molecule has 136 valence electrons. The van der Waals surface area contributed by atoms with Crippen LogP contribution in [0.5, 0.6) is 0 Å². The van der Waals surface area contributed by atoms with Gasteiger partial charge in [0.1, 0.15) is 0 Å². The average molecular weight is 345 g/mol. The molecule has 0 unspecified atom stereocenters. The van der Waals surface area contributed by atoms with Crippen molar-refractivity contribution in [3.63, 3.8) is 0 Å². The topological polar surface area (TPSA) is 0 Å². The fourth-order valence-corrected chi connectivity index (χ4v) is 5.17. The fraction of sp³-hybridized carbons (Fsp3) is 0.462. The SMILES string of the molecule is CC1=C(C)C(C)(c2c#cccc2C2(C)C(C)=C(C)C(C)=C2C)C(C)=C1C. The predicted molar refractivity (Wildman–Crippen MR) is 112 cm³/mol.